The Hall–Kier alpha value is -1.23. The normalized spacial score (nSPS) is 11.5. The fourth-order valence-electron chi connectivity index (χ4n) is 1.94. The topological polar surface area (TPSA) is 24.9 Å². The van der Waals surface area contributed by atoms with Crippen molar-refractivity contribution in [1.82, 2.24) is 10.3 Å². The number of benzene rings is 1. The largest absolute Gasteiger partial charge is 0.310 e. The Balaban J connectivity index is 1.85. The summed E-state index contributed by atoms with van der Waals surface area (Å²) in [6, 6.07) is 11.5. The van der Waals surface area contributed by atoms with E-state index < -0.39 is 0 Å². The summed E-state index contributed by atoms with van der Waals surface area (Å²) >= 11 is 3.56. The van der Waals surface area contributed by atoms with Crippen molar-refractivity contribution in [3.05, 3.63) is 40.7 Å². The lowest BCUT2D eigenvalue weighted by atomic mass is 10.2. The Labute approximate surface area is 121 Å². The highest BCUT2D eigenvalue weighted by atomic mass is 32.1. The van der Waals surface area contributed by atoms with Crippen molar-refractivity contribution in [3.8, 4) is 10.4 Å². The van der Waals surface area contributed by atoms with Crippen molar-refractivity contribution in [1.29, 1.82) is 0 Å². The number of hydrogen-bond donors (Lipinski definition) is 1. The second kappa shape index (κ2) is 5.41. The van der Waals surface area contributed by atoms with E-state index in [1.807, 2.05) is 16.8 Å². The van der Waals surface area contributed by atoms with E-state index in [1.165, 1.54) is 20.0 Å². The molecule has 3 aromatic rings. The molecule has 2 heterocycles. The van der Waals surface area contributed by atoms with Crippen LogP contribution in [0.25, 0.3) is 20.7 Å². The second-order valence-corrected chi connectivity index (χ2v) is 6.89. The Bertz CT molecular complexity index is 682. The minimum absolute atomic E-state index is 0.527. The second-order valence-electron chi connectivity index (χ2n) is 4.84. The number of rotatable bonds is 4. The molecular weight excluding hydrogens is 272 g/mol. The maximum Gasteiger partial charge on any atom is 0.0812 e. The van der Waals surface area contributed by atoms with Gasteiger partial charge in [-0.25, -0.2) is 4.98 Å². The summed E-state index contributed by atoms with van der Waals surface area (Å²) in [5.74, 6) is 0. The van der Waals surface area contributed by atoms with E-state index in [9.17, 15) is 0 Å². The van der Waals surface area contributed by atoms with Crippen molar-refractivity contribution in [2.45, 2.75) is 26.4 Å². The maximum atomic E-state index is 4.32. The molecule has 0 spiro atoms. The minimum Gasteiger partial charge on any atom is -0.310 e. The summed E-state index contributed by atoms with van der Waals surface area (Å²) < 4.78 is 1.26. The van der Waals surface area contributed by atoms with Crippen molar-refractivity contribution < 1.29 is 0 Å². The van der Waals surface area contributed by atoms with Gasteiger partial charge in [-0.3, -0.25) is 0 Å². The Kier molecular flexibility index (Phi) is 3.64. The molecule has 0 radical (unpaired) electrons. The quantitative estimate of drug-likeness (QED) is 0.763. The summed E-state index contributed by atoms with van der Waals surface area (Å²) in [6.07, 6.45) is 0. The lowest BCUT2D eigenvalue weighted by Gasteiger charge is -2.05. The van der Waals surface area contributed by atoms with Gasteiger partial charge >= 0.3 is 0 Å². The Morgan fingerprint density at radius 3 is 2.95 bits per heavy atom. The van der Waals surface area contributed by atoms with E-state index in [4.69, 9.17) is 0 Å². The van der Waals surface area contributed by atoms with Crippen LogP contribution in [0.15, 0.2) is 35.8 Å². The zero-order valence-electron chi connectivity index (χ0n) is 11.0. The monoisotopic (exact) mass is 288 g/mol. The molecule has 0 aliphatic carbocycles. The third kappa shape index (κ3) is 2.86. The van der Waals surface area contributed by atoms with Crippen LogP contribution in [-0.2, 0) is 6.54 Å². The first kappa shape index (κ1) is 12.8. The lowest BCUT2D eigenvalue weighted by Crippen LogP contribution is -2.21. The van der Waals surface area contributed by atoms with Crippen molar-refractivity contribution in [2.24, 2.45) is 0 Å². The highest BCUT2D eigenvalue weighted by Crippen LogP contribution is 2.31. The number of aromatic nitrogens is 1. The van der Waals surface area contributed by atoms with Crippen molar-refractivity contribution in [3.63, 3.8) is 0 Å². The molecule has 2 aromatic heterocycles. The molecule has 0 unspecified atom stereocenters. The van der Waals surface area contributed by atoms with E-state index in [0.717, 1.165) is 12.1 Å². The molecule has 0 atom stereocenters. The number of nitrogens with zero attached hydrogens (tertiary/aromatic N) is 1. The van der Waals surface area contributed by atoms with Gasteiger partial charge in [0, 0.05) is 22.3 Å². The van der Waals surface area contributed by atoms with Gasteiger partial charge in [-0.05, 0) is 29.8 Å². The van der Waals surface area contributed by atoms with Crippen LogP contribution in [0.5, 0.6) is 0 Å². The first-order valence-electron chi connectivity index (χ1n) is 6.38. The fraction of sp³-hybridized carbons (Fsp3) is 0.267. The number of nitrogens with one attached hydrogen (secondary N) is 1. The zero-order valence-corrected chi connectivity index (χ0v) is 12.6. The fourth-order valence-corrected chi connectivity index (χ4v) is 3.61. The highest BCUT2D eigenvalue weighted by Gasteiger charge is 2.05. The van der Waals surface area contributed by atoms with Crippen LogP contribution in [-0.4, -0.2) is 11.0 Å². The van der Waals surface area contributed by atoms with Gasteiger partial charge in [0.1, 0.15) is 0 Å². The highest BCUT2D eigenvalue weighted by molar-refractivity contribution is 7.17. The van der Waals surface area contributed by atoms with Gasteiger partial charge in [-0.15, -0.1) is 22.7 Å². The number of hydrogen-bond acceptors (Lipinski definition) is 4. The third-order valence-corrected chi connectivity index (χ3v) is 4.89. The van der Waals surface area contributed by atoms with E-state index in [-0.39, 0.29) is 0 Å². The van der Waals surface area contributed by atoms with Crippen LogP contribution in [0, 0.1) is 0 Å². The van der Waals surface area contributed by atoms with E-state index in [2.05, 4.69) is 54.5 Å². The van der Waals surface area contributed by atoms with Crippen molar-refractivity contribution in [2.75, 3.05) is 0 Å². The first-order chi connectivity index (χ1) is 9.22. The molecule has 19 heavy (non-hydrogen) atoms. The van der Waals surface area contributed by atoms with Gasteiger partial charge in [-0.1, -0.05) is 19.9 Å². The van der Waals surface area contributed by atoms with Crippen LogP contribution in [0.2, 0.25) is 0 Å². The SMILES string of the molecule is CC(C)NCc1ccc(-c2ccc3ncsc3c2)s1. The lowest BCUT2D eigenvalue weighted by molar-refractivity contribution is 0.593. The molecule has 2 nitrogen and oxygen atoms in total. The smallest absolute Gasteiger partial charge is 0.0812 e. The number of fused-ring (bicyclic) bond motifs is 1. The summed E-state index contributed by atoms with van der Waals surface area (Å²) in [4.78, 5) is 7.03. The molecule has 1 N–H and O–H groups in total. The van der Waals surface area contributed by atoms with Gasteiger partial charge in [0.2, 0.25) is 0 Å². The molecule has 1 aromatic carbocycles. The molecule has 3 rings (SSSR count). The molecule has 98 valence electrons. The van der Waals surface area contributed by atoms with E-state index in [1.54, 1.807) is 11.3 Å². The maximum absolute atomic E-state index is 4.32. The molecule has 0 bridgehead atoms. The number of thiazole rings is 1. The number of thiophene rings is 1. The first-order valence-corrected chi connectivity index (χ1v) is 8.08. The summed E-state index contributed by atoms with van der Waals surface area (Å²) in [7, 11) is 0. The van der Waals surface area contributed by atoms with Crippen LogP contribution >= 0.6 is 22.7 Å². The predicted molar refractivity (Wildman–Crippen MR) is 84.9 cm³/mol. The van der Waals surface area contributed by atoms with Crippen molar-refractivity contribution >= 4 is 32.9 Å². The summed E-state index contributed by atoms with van der Waals surface area (Å²) in [5.41, 5.74) is 4.28. The molecular formula is C15H16N2S2. The summed E-state index contributed by atoms with van der Waals surface area (Å²) in [5, 5.41) is 3.45. The van der Waals surface area contributed by atoms with Crippen LogP contribution in [0.1, 0.15) is 18.7 Å². The summed E-state index contributed by atoms with van der Waals surface area (Å²) in [6.45, 7) is 5.30. The Morgan fingerprint density at radius 1 is 1.21 bits per heavy atom. The zero-order chi connectivity index (χ0) is 13.2. The van der Waals surface area contributed by atoms with Gasteiger partial charge in [0.25, 0.3) is 0 Å². The van der Waals surface area contributed by atoms with Crippen LogP contribution in [0.3, 0.4) is 0 Å². The van der Waals surface area contributed by atoms with Gasteiger partial charge in [-0.2, -0.15) is 0 Å². The Morgan fingerprint density at radius 2 is 2.11 bits per heavy atom. The molecule has 0 saturated heterocycles. The van der Waals surface area contributed by atoms with E-state index in [0.29, 0.717) is 6.04 Å². The average Bonchev–Trinajstić information content (AvgIpc) is 3.04. The van der Waals surface area contributed by atoms with Gasteiger partial charge in [0.05, 0.1) is 15.7 Å². The molecule has 0 amide bonds. The third-order valence-electron chi connectivity index (χ3n) is 2.96. The van der Waals surface area contributed by atoms with E-state index >= 15 is 0 Å². The van der Waals surface area contributed by atoms with Gasteiger partial charge < -0.3 is 5.32 Å². The molecule has 0 aliphatic heterocycles. The van der Waals surface area contributed by atoms with Crippen LogP contribution < -0.4 is 5.32 Å². The van der Waals surface area contributed by atoms with Crippen LogP contribution in [0.4, 0.5) is 0 Å². The predicted octanol–water partition coefficient (Wildman–Crippen LogP) is 4.52. The molecule has 0 aliphatic rings. The molecule has 0 fully saturated rings. The minimum atomic E-state index is 0.527. The average molecular weight is 288 g/mol. The van der Waals surface area contributed by atoms with Gasteiger partial charge in [0.15, 0.2) is 0 Å². The molecule has 0 saturated carbocycles. The molecule has 4 heteroatoms. The standard InChI is InChI=1S/C15H16N2S2/c1-10(2)16-8-12-4-6-14(19-12)11-3-5-13-15(7-11)18-9-17-13/h3-7,9-10,16H,8H2,1-2H3.